The maximum absolute atomic E-state index is 13.5. The van der Waals surface area contributed by atoms with Crippen LogP contribution in [0.4, 0.5) is 5.69 Å². The fraction of sp³-hybridized carbons (Fsp3) is 0.240. The van der Waals surface area contributed by atoms with Crippen LogP contribution in [-0.2, 0) is 26.6 Å². The summed E-state index contributed by atoms with van der Waals surface area (Å²) in [5.74, 6) is -0.334. The third kappa shape index (κ3) is 5.55. The second-order valence-electron chi connectivity index (χ2n) is 8.28. The fourth-order valence-electron chi connectivity index (χ4n) is 4.05. The molecule has 0 bridgehead atoms. The number of rotatable bonds is 7. The maximum Gasteiger partial charge on any atom is 0.256 e. The minimum absolute atomic E-state index is 0.0903. The number of para-hydroxylation sites is 1. The van der Waals surface area contributed by atoms with Crippen molar-refractivity contribution < 1.29 is 21.6 Å². The number of amides is 1. The maximum atomic E-state index is 13.5. The molecule has 8 nitrogen and oxygen atoms in total. The van der Waals surface area contributed by atoms with Gasteiger partial charge in [0.1, 0.15) is 0 Å². The number of benzene rings is 3. The van der Waals surface area contributed by atoms with Crippen LogP contribution in [0, 0.1) is 0 Å². The molecule has 3 aromatic carbocycles. The number of hydrogen-bond acceptors (Lipinski definition) is 5. The summed E-state index contributed by atoms with van der Waals surface area (Å²) in [5.41, 5.74) is 1.34. The second-order valence-corrected chi connectivity index (χ2v) is 12.1. The van der Waals surface area contributed by atoms with Crippen LogP contribution in [0.15, 0.2) is 89.8 Å². The summed E-state index contributed by atoms with van der Waals surface area (Å²) < 4.78 is 53.8. The van der Waals surface area contributed by atoms with Crippen molar-refractivity contribution in [2.75, 3.05) is 36.7 Å². The van der Waals surface area contributed by atoms with Crippen molar-refractivity contribution in [1.29, 1.82) is 0 Å². The lowest BCUT2D eigenvalue weighted by Gasteiger charge is -2.35. The average molecular weight is 514 g/mol. The molecule has 4 rings (SSSR count). The average Bonchev–Trinajstić information content (AvgIpc) is 2.87. The first kappa shape index (κ1) is 24.9. The molecule has 10 heteroatoms. The van der Waals surface area contributed by atoms with Gasteiger partial charge < -0.3 is 4.90 Å². The van der Waals surface area contributed by atoms with Gasteiger partial charge in [-0.2, -0.15) is 4.31 Å². The summed E-state index contributed by atoms with van der Waals surface area (Å²) in [7, 11) is -7.33. The molecule has 1 amide bonds. The zero-order valence-electron chi connectivity index (χ0n) is 19.3. The number of anilines is 1. The molecule has 1 aliphatic rings. The van der Waals surface area contributed by atoms with Crippen LogP contribution in [0.5, 0.6) is 0 Å². The van der Waals surface area contributed by atoms with Crippen molar-refractivity contribution in [3.63, 3.8) is 0 Å². The number of sulfonamides is 2. The minimum atomic E-state index is -3.69. The van der Waals surface area contributed by atoms with E-state index < -0.39 is 20.0 Å². The largest absolute Gasteiger partial charge is 0.336 e. The Morgan fingerprint density at radius 1 is 0.771 bits per heavy atom. The van der Waals surface area contributed by atoms with Gasteiger partial charge in [-0.25, -0.2) is 16.8 Å². The molecular formula is C25H27N3O5S2. The first-order chi connectivity index (χ1) is 16.7. The minimum Gasteiger partial charge on any atom is -0.336 e. The quantitative estimate of drug-likeness (QED) is 0.484. The highest BCUT2D eigenvalue weighted by Gasteiger charge is 2.32. The molecule has 0 spiro atoms. The number of carbonyl (C=O) groups excluding carboxylic acids is 1. The van der Waals surface area contributed by atoms with Crippen molar-refractivity contribution in [1.82, 2.24) is 9.21 Å². The highest BCUT2D eigenvalue weighted by atomic mass is 32.2. The van der Waals surface area contributed by atoms with E-state index in [1.807, 2.05) is 30.3 Å². The van der Waals surface area contributed by atoms with Gasteiger partial charge in [0, 0.05) is 26.2 Å². The lowest BCUT2D eigenvalue weighted by atomic mass is 10.1. The molecule has 1 aliphatic heterocycles. The van der Waals surface area contributed by atoms with Crippen molar-refractivity contribution >= 4 is 31.6 Å². The van der Waals surface area contributed by atoms with Crippen LogP contribution in [0.2, 0.25) is 0 Å². The molecule has 0 radical (unpaired) electrons. The van der Waals surface area contributed by atoms with Crippen molar-refractivity contribution in [3.05, 3.63) is 96.1 Å². The predicted molar refractivity (Wildman–Crippen MR) is 135 cm³/mol. The van der Waals surface area contributed by atoms with E-state index in [9.17, 15) is 21.6 Å². The first-order valence-electron chi connectivity index (χ1n) is 11.1. The van der Waals surface area contributed by atoms with E-state index in [0.29, 0.717) is 5.69 Å². The Morgan fingerprint density at radius 2 is 1.31 bits per heavy atom. The highest BCUT2D eigenvalue weighted by molar-refractivity contribution is 7.92. The zero-order valence-corrected chi connectivity index (χ0v) is 21.0. The summed E-state index contributed by atoms with van der Waals surface area (Å²) in [6, 6.07) is 24.0. The Morgan fingerprint density at radius 3 is 1.91 bits per heavy atom. The number of hydrogen-bond donors (Lipinski definition) is 0. The van der Waals surface area contributed by atoms with Crippen molar-refractivity contribution in [3.8, 4) is 0 Å². The molecule has 0 aromatic heterocycles. The number of nitrogens with zero attached hydrogens (tertiary/aromatic N) is 3. The Hall–Kier alpha value is -3.21. The van der Waals surface area contributed by atoms with E-state index in [1.54, 1.807) is 59.5 Å². The monoisotopic (exact) mass is 513 g/mol. The van der Waals surface area contributed by atoms with Crippen LogP contribution in [0.25, 0.3) is 0 Å². The Bertz CT molecular complexity index is 1390. The summed E-state index contributed by atoms with van der Waals surface area (Å²) in [4.78, 5) is 15.3. The van der Waals surface area contributed by atoms with E-state index in [-0.39, 0.29) is 49.1 Å². The zero-order chi connectivity index (χ0) is 25.1. The first-order valence-corrected chi connectivity index (χ1v) is 14.4. The molecule has 0 aliphatic carbocycles. The van der Waals surface area contributed by atoms with E-state index in [0.717, 1.165) is 11.8 Å². The van der Waals surface area contributed by atoms with Crippen LogP contribution in [0.3, 0.4) is 0 Å². The molecule has 3 aromatic rings. The molecule has 184 valence electrons. The van der Waals surface area contributed by atoms with Crippen LogP contribution >= 0.6 is 0 Å². The number of piperazine rings is 1. The third-order valence-electron chi connectivity index (χ3n) is 5.88. The topological polar surface area (TPSA) is 95.1 Å². The predicted octanol–water partition coefficient (Wildman–Crippen LogP) is 2.80. The molecule has 0 atom stereocenters. The smallest absolute Gasteiger partial charge is 0.256 e. The van der Waals surface area contributed by atoms with E-state index >= 15 is 0 Å². The van der Waals surface area contributed by atoms with Gasteiger partial charge in [-0.1, -0.05) is 60.7 Å². The van der Waals surface area contributed by atoms with Gasteiger partial charge in [0.25, 0.3) is 5.91 Å². The lowest BCUT2D eigenvalue weighted by Crippen LogP contribution is -2.50. The fourth-order valence-corrected chi connectivity index (χ4v) is 6.39. The molecule has 35 heavy (non-hydrogen) atoms. The molecule has 0 saturated carbocycles. The Balaban J connectivity index is 1.55. The van der Waals surface area contributed by atoms with Gasteiger partial charge in [-0.05, 0) is 29.8 Å². The van der Waals surface area contributed by atoms with Gasteiger partial charge in [0.2, 0.25) is 20.0 Å². The second kappa shape index (κ2) is 10.2. The lowest BCUT2D eigenvalue weighted by molar-refractivity contribution is 0.0698. The van der Waals surface area contributed by atoms with E-state index in [4.69, 9.17) is 0 Å². The SMILES string of the molecule is CS(=O)(=O)N(Cc1ccccc1)c1ccccc1C(=O)N1CCN(S(=O)(=O)c2ccccc2)CC1. The standard InChI is InChI=1S/C25H27N3O5S2/c1-34(30,31)28(20-21-10-4-2-5-11-21)24-15-9-8-14-23(24)25(29)26-16-18-27(19-17-26)35(32,33)22-12-6-3-7-13-22/h2-15H,16-20H2,1H3. The summed E-state index contributed by atoms with van der Waals surface area (Å²) in [5, 5.41) is 0. The number of carbonyl (C=O) groups is 1. The molecule has 1 saturated heterocycles. The molecule has 0 N–H and O–H groups in total. The normalized spacial score (nSPS) is 15.1. The summed E-state index contributed by atoms with van der Waals surface area (Å²) in [6.45, 7) is 0.816. The highest BCUT2D eigenvalue weighted by Crippen LogP contribution is 2.27. The molecular weight excluding hydrogens is 486 g/mol. The van der Waals surface area contributed by atoms with Crippen LogP contribution in [0.1, 0.15) is 15.9 Å². The van der Waals surface area contributed by atoms with Crippen LogP contribution in [-0.4, -0.2) is 64.4 Å². The Kier molecular flexibility index (Phi) is 7.25. The van der Waals surface area contributed by atoms with Gasteiger partial charge in [-0.3, -0.25) is 9.10 Å². The molecule has 1 fully saturated rings. The van der Waals surface area contributed by atoms with E-state index in [2.05, 4.69) is 0 Å². The van der Waals surface area contributed by atoms with Crippen molar-refractivity contribution in [2.45, 2.75) is 11.4 Å². The van der Waals surface area contributed by atoms with Crippen LogP contribution < -0.4 is 4.31 Å². The van der Waals surface area contributed by atoms with Gasteiger partial charge >= 0.3 is 0 Å². The summed E-state index contributed by atoms with van der Waals surface area (Å²) >= 11 is 0. The Labute approximate surface area is 206 Å². The van der Waals surface area contributed by atoms with Gasteiger partial charge in [0.05, 0.1) is 28.9 Å². The molecule has 0 unspecified atom stereocenters. The molecule has 1 heterocycles. The van der Waals surface area contributed by atoms with Crippen molar-refractivity contribution in [2.24, 2.45) is 0 Å². The van der Waals surface area contributed by atoms with Gasteiger partial charge in [0.15, 0.2) is 0 Å². The van der Waals surface area contributed by atoms with E-state index in [1.165, 1.54) is 8.61 Å². The van der Waals surface area contributed by atoms with Gasteiger partial charge in [-0.15, -0.1) is 0 Å². The third-order valence-corrected chi connectivity index (χ3v) is 8.92. The summed E-state index contributed by atoms with van der Waals surface area (Å²) in [6.07, 6.45) is 1.12.